The Kier molecular flexibility index (Phi) is 6.24. The first-order valence-corrected chi connectivity index (χ1v) is 4.39. The van der Waals surface area contributed by atoms with Crippen LogP contribution in [0.25, 0.3) is 0 Å². The Hall–Kier alpha value is -0.190. The number of β-amino-alcohol motifs (C(OH)–C–C–N with tert-alkyl or cyclic N) is 2. The van der Waals surface area contributed by atoms with Gasteiger partial charge in [-0.2, -0.15) is 0 Å². The number of rotatable bonds is 2. The van der Waals surface area contributed by atoms with Gasteiger partial charge in [0.05, 0.1) is 12.7 Å². The minimum absolute atomic E-state index is 0.0272. The van der Waals surface area contributed by atoms with Gasteiger partial charge in [0.25, 0.3) is 0 Å². The Labute approximate surface area is 72.8 Å². The van der Waals surface area contributed by atoms with E-state index in [1.165, 1.54) is 0 Å². The summed E-state index contributed by atoms with van der Waals surface area (Å²) in [7, 11) is 0. The van der Waals surface area contributed by atoms with Crippen molar-refractivity contribution in [2.45, 2.75) is 26.1 Å². The maximum atomic E-state index is 12.5. The fraction of sp³-hybridized carbons (Fsp3) is 1.00. The molecule has 74 valence electrons. The molecule has 4 heteroatoms. The number of aliphatic hydroxyl groups is 2. The quantitative estimate of drug-likeness (QED) is 0.628. The minimum Gasteiger partial charge on any atom is -0.395 e. The summed E-state index contributed by atoms with van der Waals surface area (Å²) in [5, 5.41) is 17.3. The molecule has 0 saturated carbocycles. The second-order valence-electron chi connectivity index (χ2n) is 2.57. The Bertz CT molecular complexity index is 103. The number of halogens is 1. The fourth-order valence-electron chi connectivity index (χ4n) is 1.15. The van der Waals surface area contributed by atoms with E-state index >= 15 is 0 Å². The molecule has 2 N–H and O–H groups in total. The van der Waals surface area contributed by atoms with Crippen molar-refractivity contribution in [1.82, 2.24) is 4.90 Å². The van der Waals surface area contributed by atoms with Gasteiger partial charge in [-0.25, -0.2) is 4.39 Å². The summed E-state index contributed by atoms with van der Waals surface area (Å²) >= 11 is 0. The van der Waals surface area contributed by atoms with Gasteiger partial charge in [0.2, 0.25) is 0 Å². The van der Waals surface area contributed by atoms with Crippen molar-refractivity contribution in [2.75, 3.05) is 26.2 Å². The van der Waals surface area contributed by atoms with E-state index in [1.807, 2.05) is 13.8 Å². The Morgan fingerprint density at radius 1 is 1.42 bits per heavy atom. The zero-order chi connectivity index (χ0) is 9.56. The number of hydrogen-bond donors (Lipinski definition) is 2. The lowest BCUT2D eigenvalue weighted by Crippen LogP contribution is -2.25. The van der Waals surface area contributed by atoms with E-state index < -0.39 is 12.3 Å². The summed E-state index contributed by atoms with van der Waals surface area (Å²) in [6, 6.07) is 0. The van der Waals surface area contributed by atoms with Crippen molar-refractivity contribution < 1.29 is 14.6 Å². The maximum Gasteiger partial charge on any atom is 0.140 e. The summed E-state index contributed by atoms with van der Waals surface area (Å²) in [6.07, 6.45) is -1.99. The molecule has 0 aromatic heterocycles. The van der Waals surface area contributed by atoms with Gasteiger partial charge >= 0.3 is 0 Å². The minimum atomic E-state index is -1.13. The highest BCUT2D eigenvalue weighted by atomic mass is 19.1. The van der Waals surface area contributed by atoms with Crippen LogP contribution in [0, 0.1) is 0 Å². The van der Waals surface area contributed by atoms with Crippen LogP contribution in [0.3, 0.4) is 0 Å². The lowest BCUT2D eigenvalue weighted by Gasteiger charge is -2.10. The third kappa shape index (κ3) is 3.47. The molecule has 1 aliphatic heterocycles. The van der Waals surface area contributed by atoms with Crippen LogP contribution >= 0.6 is 0 Å². The molecule has 3 nitrogen and oxygen atoms in total. The molecule has 1 heterocycles. The summed E-state index contributed by atoms with van der Waals surface area (Å²) < 4.78 is 12.5. The van der Waals surface area contributed by atoms with Crippen LogP contribution in [0.1, 0.15) is 13.8 Å². The van der Waals surface area contributed by atoms with Gasteiger partial charge in [0.1, 0.15) is 6.17 Å². The van der Waals surface area contributed by atoms with Gasteiger partial charge in [0.15, 0.2) is 0 Å². The zero-order valence-corrected chi connectivity index (χ0v) is 7.70. The van der Waals surface area contributed by atoms with Gasteiger partial charge in [-0.15, -0.1) is 0 Å². The maximum absolute atomic E-state index is 12.5. The molecule has 0 aromatic rings. The molecule has 0 aliphatic carbocycles. The molecule has 1 saturated heterocycles. The average molecular weight is 179 g/mol. The summed E-state index contributed by atoms with van der Waals surface area (Å²) in [5.74, 6) is 0. The van der Waals surface area contributed by atoms with E-state index in [0.29, 0.717) is 13.1 Å². The van der Waals surface area contributed by atoms with Crippen LogP contribution in [0.4, 0.5) is 4.39 Å². The molecular formula is C8H18FNO2. The van der Waals surface area contributed by atoms with E-state index in [1.54, 1.807) is 4.90 Å². The van der Waals surface area contributed by atoms with Crippen LogP contribution in [0.5, 0.6) is 0 Å². The van der Waals surface area contributed by atoms with Crippen LogP contribution < -0.4 is 0 Å². The fourth-order valence-corrected chi connectivity index (χ4v) is 1.15. The Balaban J connectivity index is 0.000000561. The molecule has 0 amide bonds. The molecule has 0 spiro atoms. The molecular weight excluding hydrogens is 161 g/mol. The molecule has 12 heavy (non-hydrogen) atoms. The van der Waals surface area contributed by atoms with Crippen molar-refractivity contribution >= 4 is 0 Å². The first kappa shape index (κ1) is 11.8. The topological polar surface area (TPSA) is 43.7 Å². The standard InChI is InChI=1S/C6H12FNO2.C2H6/c7-5-3-8(1-2-9)4-6(5)10;1-2/h5-6,9-10H,1-4H2;1-2H3. The van der Waals surface area contributed by atoms with Crippen molar-refractivity contribution in [1.29, 1.82) is 0 Å². The number of nitrogens with zero attached hydrogens (tertiary/aromatic N) is 1. The van der Waals surface area contributed by atoms with E-state index in [0.717, 1.165) is 0 Å². The van der Waals surface area contributed by atoms with Crippen molar-refractivity contribution in [2.24, 2.45) is 0 Å². The average Bonchev–Trinajstić information content (AvgIpc) is 2.36. The Morgan fingerprint density at radius 2 is 2.00 bits per heavy atom. The Morgan fingerprint density at radius 3 is 2.33 bits per heavy atom. The molecule has 1 aliphatic rings. The van der Waals surface area contributed by atoms with Gasteiger partial charge in [-0.1, -0.05) is 13.8 Å². The number of hydrogen-bond acceptors (Lipinski definition) is 3. The largest absolute Gasteiger partial charge is 0.395 e. The monoisotopic (exact) mass is 179 g/mol. The van der Waals surface area contributed by atoms with Crippen LogP contribution in [-0.4, -0.2) is 53.6 Å². The predicted octanol–water partition coefficient (Wildman–Crippen LogP) is 0.0195. The van der Waals surface area contributed by atoms with Crippen LogP contribution in [-0.2, 0) is 0 Å². The van der Waals surface area contributed by atoms with Crippen molar-refractivity contribution in [3.05, 3.63) is 0 Å². The van der Waals surface area contributed by atoms with Crippen molar-refractivity contribution in [3.8, 4) is 0 Å². The highest BCUT2D eigenvalue weighted by molar-refractivity contribution is 4.82. The number of likely N-dealkylation sites (tertiary alicyclic amines) is 1. The molecule has 2 unspecified atom stereocenters. The van der Waals surface area contributed by atoms with Crippen LogP contribution in [0.2, 0.25) is 0 Å². The molecule has 0 bridgehead atoms. The lowest BCUT2D eigenvalue weighted by molar-refractivity contribution is 0.115. The van der Waals surface area contributed by atoms with Crippen LogP contribution in [0.15, 0.2) is 0 Å². The van der Waals surface area contributed by atoms with Gasteiger partial charge in [-0.05, 0) is 0 Å². The van der Waals surface area contributed by atoms with E-state index in [2.05, 4.69) is 0 Å². The van der Waals surface area contributed by atoms with Gasteiger partial charge in [0, 0.05) is 19.6 Å². The van der Waals surface area contributed by atoms with Gasteiger partial charge < -0.3 is 10.2 Å². The molecule has 1 fully saturated rings. The predicted molar refractivity (Wildman–Crippen MR) is 45.8 cm³/mol. The second-order valence-corrected chi connectivity index (χ2v) is 2.57. The smallest absolute Gasteiger partial charge is 0.140 e. The normalized spacial score (nSPS) is 29.8. The van der Waals surface area contributed by atoms with Crippen molar-refractivity contribution in [3.63, 3.8) is 0 Å². The highest BCUT2D eigenvalue weighted by Crippen LogP contribution is 2.11. The van der Waals surface area contributed by atoms with Gasteiger partial charge in [-0.3, -0.25) is 4.90 Å². The van der Waals surface area contributed by atoms with E-state index in [4.69, 9.17) is 10.2 Å². The second kappa shape index (κ2) is 6.34. The molecule has 0 radical (unpaired) electrons. The summed E-state index contributed by atoms with van der Waals surface area (Å²) in [4.78, 5) is 1.70. The molecule has 1 rings (SSSR count). The van der Waals surface area contributed by atoms with E-state index in [9.17, 15) is 4.39 Å². The third-order valence-electron chi connectivity index (χ3n) is 1.71. The summed E-state index contributed by atoms with van der Waals surface area (Å²) in [6.45, 7) is 5.08. The number of alkyl halides is 1. The first-order chi connectivity index (χ1) is 5.74. The summed E-state index contributed by atoms with van der Waals surface area (Å²) in [5.41, 5.74) is 0. The first-order valence-electron chi connectivity index (χ1n) is 4.39. The molecule has 0 aromatic carbocycles. The lowest BCUT2D eigenvalue weighted by atomic mass is 10.3. The third-order valence-corrected chi connectivity index (χ3v) is 1.71. The molecule has 2 atom stereocenters. The van der Waals surface area contributed by atoms with E-state index in [-0.39, 0.29) is 13.2 Å². The highest BCUT2D eigenvalue weighted by Gasteiger charge is 2.30. The SMILES string of the molecule is CC.OCCN1CC(O)C(F)C1. The number of aliphatic hydroxyl groups excluding tert-OH is 2. The zero-order valence-electron chi connectivity index (χ0n) is 7.70.